The van der Waals surface area contributed by atoms with Crippen LogP contribution in [-0.4, -0.2) is 9.97 Å². The van der Waals surface area contributed by atoms with Crippen molar-refractivity contribution in [3.63, 3.8) is 0 Å². The molecule has 0 saturated carbocycles. The minimum Gasteiger partial charge on any atom is -0.436 e. The van der Waals surface area contributed by atoms with Crippen LogP contribution in [0.5, 0.6) is 11.6 Å². The van der Waals surface area contributed by atoms with Crippen LogP contribution >= 0.6 is 15.9 Å². The van der Waals surface area contributed by atoms with Gasteiger partial charge in [-0.1, -0.05) is 15.9 Å². The number of anilines is 1. The summed E-state index contributed by atoms with van der Waals surface area (Å²) in [5, 5.41) is 0. The van der Waals surface area contributed by atoms with Crippen molar-refractivity contribution in [2.75, 3.05) is 5.73 Å². The molecular formula is C12H11BrFN3O. The molecule has 0 fully saturated rings. The van der Waals surface area contributed by atoms with Gasteiger partial charge in [-0.05, 0) is 37.1 Å². The summed E-state index contributed by atoms with van der Waals surface area (Å²) in [6, 6.07) is 3.57. The summed E-state index contributed by atoms with van der Waals surface area (Å²) < 4.78 is 19.8. The van der Waals surface area contributed by atoms with E-state index in [0.29, 0.717) is 5.75 Å². The second-order valence-corrected chi connectivity index (χ2v) is 4.65. The number of aromatic nitrogens is 2. The van der Waals surface area contributed by atoms with Crippen LogP contribution in [0.1, 0.15) is 11.1 Å². The zero-order chi connectivity index (χ0) is 13.3. The second-order valence-electron chi connectivity index (χ2n) is 3.85. The molecule has 94 valence electrons. The first-order chi connectivity index (χ1) is 8.47. The lowest BCUT2D eigenvalue weighted by Gasteiger charge is -2.09. The Morgan fingerprint density at radius 3 is 2.50 bits per heavy atom. The molecule has 6 heteroatoms. The van der Waals surface area contributed by atoms with E-state index >= 15 is 0 Å². The molecule has 0 unspecified atom stereocenters. The fourth-order valence-corrected chi connectivity index (χ4v) is 1.74. The predicted octanol–water partition coefficient (Wildman–Crippen LogP) is 3.37. The summed E-state index contributed by atoms with van der Waals surface area (Å²) in [4.78, 5) is 7.24. The number of hydrogen-bond acceptors (Lipinski definition) is 4. The number of rotatable bonds is 2. The van der Waals surface area contributed by atoms with E-state index in [1.54, 1.807) is 12.1 Å². The number of benzene rings is 1. The summed E-state index contributed by atoms with van der Waals surface area (Å²) >= 11 is 3.45. The molecule has 1 aromatic heterocycles. The highest BCUT2D eigenvalue weighted by Crippen LogP contribution is 2.29. The van der Waals surface area contributed by atoms with E-state index in [1.165, 1.54) is 0 Å². The Labute approximate surface area is 112 Å². The van der Waals surface area contributed by atoms with Gasteiger partial charge in [0.1, 0.15) is 5.75 Å². The largest absolute Gasteiger partial charge is 0.436 e. The molecule has 0 spiro atoms. The Balaban J connectivity index is 2.37. The number of aryl methyl sites for hydroxylation is 2. The van der Waals surface area contributed by atoms with Crippen LogP contribution < -0.4 is 10.5 Å². The molecule has 1 heterocycles. The Bertz CT molecular complexity index is 581. The van der Waals surface area contributed by atoms with E-state index in [-0.39, 0.29) is 11.8 Å². The van der Waals surface area contributed by atoms with Crippen molar-refractivity contribution in [1.29, 1.82) is 0 Å². The zero-order valence-electron chi connectivity index (χ0n) is 9.87. The number of nitrogens with two attached hydrogens (primary N) is 1. The fraction of sp³-hybridized carbons (Fsp3) is 0.167. The first-order valence-corrected chi connectivity index (χ1v) is 5.99. The maximum Gasteiger partial charge on any atom is 0.260 e. The number of ether oxygens (including phenoxy) is 1. The Morgan fingerprint density at radius 2 is 1.89 bits per heavy atom. The Hall–Kier alpha value is -1.69. The van der Waals surface area contributed by atoms with Crippen molar-refractivity contribution in [3.8, 4) is 11.6 Å². The van der Waals surface area contributed by atoms with E-state index in [1.807, 2.05) is 13.8 Å². The van der Waals surface area contributed by atoms with Gasteiger partial charge in [-0.15, -0.1) is 0 Å². The number of hydrogen-bond donors (Lipinski definition) is 1. The summed E-state index contributed by atoms with van der Waals surface area (Å²) in [5.74, 6) is -0.354. The van der Waals surface area contributed by atoms with Crippen molar-refractivity contribution in [2.45, 2.75) is 13.8 Å². The highest BCUT2D eigenvalue weighted by Gasteiger charge is 2.10. The minimum absolute atomic E-state index is 0.0306. The van der Waals surface area contributed by atoms with Crippen molar-refractivity contribution < 1.29 is 9.13 Å². The summed E-state index contributed by atoms with van der Waals surface area (Å²) in [6.45, 7) is 3.85. The van der Waals surface area contributed by atoms with Gasteiger partial charge in [0.2, 0.25) is 11.8 Å². The lowest BCUT2D eigenvalue weighted by molar-refractivity contribution is 0.420. The van der Waals surface area contributed by atoms with Crippen LogP contribution in [-0.2, 0) is 0 Å². The molecule has 0 aliphatic heterocycles. The molecular weight excluding hydrogens is 301 g/mol. The lowest BCUT2D eigenvalue weighted by Crippen LogP contribution is -1.99. The quantitative estimate of drug-likeness (QED) is 0.923. The molecule has 0 radical (unpaired) electrons. The van der Waals surface area contributed by atoms with Crippen LogP contribution in [0, 0.1) is 19.7 Å². The molecule has 18 heavy (non-hydrogen) atoms. The molecule has 4 nitrogen and oxygen atoms in total. The first kappa shape index (κ1) is 12.8. The van der Waals surface area contributed by atoms with E-state index in [9.17, 15) is 4.39 Å². The fourth-order valence-electron chi connectivity index (χ4n) is 1.51. The molecule has 0 atom stereocenters. The zero-order valence-corrected chi connectivity index (χ0v) is 11.5. The molecule has 0 saturated heterocycles. The van der Waals surface area contributed by atoms with Gasteiger partial charge in [-0.3, -0.25) is 0 Å². The molecule has 2 rings (SSSR count). The van der Waals surface area contributed by atoms with Gasteiger partial charge < -0.3 is 10.5 Å². The van der Waals surface area contributed by atoms with E-state index in [4.69, 9.17) is 10.5 Å². The number of nitrogens with zero attached hydrogens (tertiary/aromatic N) is 2. The minimum atomic E-state index is -0.651. The van der Waals surface area contributed by atoms with Gasteiger partial charge in [0, 0.05) is 4.47 Å². The molecule has 0 aliphatic rings. The second kappa shape index (κ2) is 4.89. The average molecular weight is 312 g/mol. The Morgan fingerprint density at radius 1 is 1.28 bits per heavy atom. The van der Waals surface area contributed by atoms with Crippen molar-refractivity contribution >= 4 is 21.9 Å². The summed E-state index contributed by atoms with van der Waals surface area (Å²) in [5.41, 5.74) is 7.37. The number of halogens is 2. The maximum absolute atomic E-state index is 13.4. The van der Waals surface area contributed by atoms with Crippen LogP contribution in [0.2, 0.25) is 0 Å². The summed E-state index contributed by atoms with van der Waals surface area (Å²) in [6.07, 6.45) is 0.982. The van der Waals surface area contributed by atoms with Crippen LogP contribution in [0.3, 0.4) is 0 Å². The molecule has 2 N–H and O–H groups in total. The third-order valence-corrected chi connectivity index (χ3v) is 3.61. The van der Waals surface area contributed by atoms with Crippen molar-refractivity contribution in [2.24, 2.45) is 0 Å². The lowest BCUT2D eigenvalue weighted by atomic mass is 10.1. The predicted molar refractivity (Wildman–Crippen MR) is 70.1 cm³/mol. The first-order valence-electron chi connectivity index (χ1n) is 5.20. The van der Waals surface area contributed by atoms with Crippen LogP contribution in [0.15, 0.2) is 22.8 Å². The normalized spacial score (nSPS) is 10.4. The van der Waals surface area contributed by atoms with Gasteiger partial charge in [0.25, 0.3) is 5.88 Å². The topological polar surface area (TPSA) is 61.0 Å². The van der Waals surface area contributed by atoms with Gasteiger partial charge in [0.15, 0.2) is 0 Å². The molecule has 2 aromatic rings. The number of nitrogen functional groups attached to an aromatic ring is 1. The highest BCUT2D eigenvalue weighted by molar-refractivity contribution is 9.10. The van der Waals surface area contributed by atoms with Crippen LogP contribution in [0.25, 0.3) is 0 Å². The van der Waals surface area contributed by atoms with Gasteiger partial charge >= 0.3 is 0 Å². The van der Waals surface area contributed by atoms with Gasteiger partial charge in [-0.2, -0.15) is 9.37 Å². The molecule has 0 bridgehead atoms. The third-order valence-electron chi connectivity index (χ3n) is 2.36. The van der Waals surface area contributed by atoms with E-state index in [2.05, 4.69) is 25.9 Å². The van der Waals surface area contributed by atoms with Crippen LogP contribution in [0.4, 0.5) is 10.3 Å². The molecule has 1 aromatic carbocycles. The third kappa shape index (κ3) is 2.59. The van der Waals surface area contributed by atoms with Gasteiger partial charge in [0.05, 0.1) is 6.20 Å². The average Bonchev–Trinajstić information content (AvgIpc) is 2.31. The standard InChI is InChI=1S/C12H11BrFN3O/c1-6-3-8(4-7(2)10(6)13)18-11-9(14)5-16-12(15)17-11/h3-5H,1-2H3,(H2,15,16,17). The Kier molecular flexibility index (Phi) is 3.47. The van der Waals surface area contributed by atoms with Crippen molar-refractivity contribution in [1.82, 2.24) is 9.97 Å². The highest BCUT2D eigenvalue weighted by atomic mass is 79.9. The van der Waals surface area contributed by atoms with Crippen molar-refractivity contribution in [3.05, 3.63) is 39.7 Å². The van der Waals surface area contributed by atoms with E-state index in [0.717, 1.165) is 21.8 Å². The SMILES string of the molecule is Cc1cc(Oc2nc(N)ncc2F)cc(C)c1Br. The maximum atomic E-state index is 13.4. The monoisotopic (exact) mass is 311 g/mol. The van der Waals surface area contributed by atoms with E-state index < -0.39 is 5.82 Å². The summed E-state index contributed by atoms with van der Waals surface area (Å²) in [7, 11) is 0. The smallest absolute Gasteiger partial charge is 0.260 e. The molecule has 0 aliphatic carbocycles. The molecule has 0 amide bonds. The van der Waals surface area contributed by atoms with Gasteiger partial charge in [-0.25, -0.2) is 4.98 Å².